The standard InChI is InChI=1S/C11H7FN2O/c1-6-7-3-2-4-9(12)10(7)8(5-13)11(15)14-6/h2-4H,1H3,(H,14,15). The Labute approximate surface area is 84.8 Å². The van der Waals surface area contributed by atoms with Gasteiger partial charge in [0.05, 0.1) is 0 Å². The van der Waals surface area contributed by atoms with Crippen molar-refractivity contribution in [1.29, 1.82) is 5.26 Å². The van der Waals surface area contributed by atoms with Crippen LogP contribution >= 0.6 is 0 Å². The Kier molecular flexibility index (Phi) is 2.01. The van der Waals surface area contributed by atoms with Gasteiger partial charge in [-0.15, -0.1) is 0 Å². The predicted octanol–water partition coefficient (Wildman–Crippen LogP) is 1.85. The number of nitrogens with zero attached hydrogens (tertiary/aromatic N) is 1. The lowest BCUT2D eigenvalue weighted by atomic mass is 10.1. The van der Waals surface area contributed by atoms with Crippen LogP contribution in [0, 0.1) is 24.1 Å². The highest BCUT2D eigenvalue weighted by Gasteiger charge is 2.11. The third-order valence-corrected chi connectivity index (χ3v) is 2.31. The van der Waals surface area contributed by atoms with Crippen molar-refractivity contribution in [3.63, 3.8) is 0 Å². The second-order valence-electron chi connectivity index (χ2n) is 3.23. The minimum atomic E-state index is -0.549. The number of nitriles is 1. The molecule has 0 unspecified atom stereocenters. The zero-order valence-corrected chi connectivity index (χ0v) is 7.97. The summed E-state index contributed by atoms with van der Waals surface area (Å²) in [7, 11) is 0. The molecule has 0 aliphatic carbocycles. The van der Waals surface area contributed by atoms with Crippen LogP contribution < -0.4 is 5.56 Å². The van der Waals surface area contributed by atoms with E-state index in [1.807, 2.05) is 0 Å². The molecular formula is C11H7FN2O. The first-order valence-electron chi connectivity index (χ1n) is 4.36. The number of halogens is 1. The summed E-state index contributed by atoms with van der Waals surface area (Å²) in [4.78, 5) is 13.9. The number of pyridine rings is 1. The molecule has 0 radical (unpaired) electrons. The second kappa shape index (κ2) is 3.21. The molecule has 2 rings (SSSR count). The van der Waals surface area contributed by atoms with Gasteiger partial charge in [-0.1, -0.05) is 12.1 Å². The first kappa shape index (κ1) is 9.41. The zero-order chi connectivity index (χ0) is 11.0. The van der Waals surface area contributed by atoms with Crippen LogP contribution in [0.2, 0.25) is 0 Å². The van der Waals surface area contributed by atoms with Gasteiger partial charge >= 0.3 is 0 Å². The summed E-state index contributed by atoms with van der Waals surface area (Å²) in [6.45, 7) is 1.67. The van der Waals surface area contributed by atoms with Gasteiger partial charge in [-0.05, 0) is 13.0 Å². The third-order valence-electron chi connectivity index (χ3n) is 2.31. The van der Waals surface area contributed by atoms with Crippen LogP contribution in [0.4, 0.5) is 4.39 Å². The number of hydrogen-bond donors (Lipinski definition) is 1. The van der Waals surface area contributed by atoms with E-state index < -0.39 is 11.4 Å². The average Bonchev–Trinajstić information content (AvgIpc) is 2.20. The van der Waals surface area contributed by atoms with Gasteiger partial charge in [0, 0.05) is 16.5 Å². The van der Waals surface area contributed by atoms with Crippen molar-refractivity contribution in [3.8, 4) is 6.07 Å². The van der Waals surface area contributed by atoms with Crippen molar-refractivity contribution in [1.82, 2.24) is 4.98 Å². The summed E-state index contributed by atoms with van der Waals surface area (Å²) >= 11 is 0. The predicted molar refractivity (Wildman–Crippen MR) is 54.0 cm³/mol. The Balaban J connectivity index is 3.14. The first-order chi connectivity index (χ1) is 7.15. The van der Waals surface area contributed by atoms with Crippen LogP contribution in [0.5, 0.6) is 0 Å². The Bertz CT molecular complexity index is 637. The molecule has 0 aliphatic rings. The third kappa shape index (κ3) is 1.29. The van der Waals surface area contributed by atoms with E-state index >= 15 is 0 Å². The Hall–Kier alpha value is -2.15. The maximum absolute atomic E-state index is 13.5. The van der Waals surface area contributed by atoms with Crippen molar-refractivity contribution in [2.45, 2.75) is 6.92 Å². The van der Waals surface area contributed by atoms with E-state index in [0.29, 0.717) is 11.1 Å². The summed E-state index contributed by atoms with van der Waals surface area (Å²) in [5.41, 5.74) is -0.158. The molecule has 1 heterocycles. The monoisotopic (exact) mass is 202 g/mol. The SMILES string of the molecule is Cc1[nH]c(=O)c(C#N)c2c(F)cccc12. The molecule has 2 aromatic rings. The average molecular weight is 202 g/mol. The lowest BCUT2D eigenvalue weighted by Gasteiger charge is -2.03. The molecule has 0 bridgehead atoms. The summed E-state index contributed by atoms with van der Waals surface area (Å²) in [5.74, 6) is -0.543. The largest absolute Gasteiger partial charge is 0.325 e. The lowest BCUT2D eigenvalue weighted by Crippen LogP contribution is -2.12. The minimum Gasteiger partial charge on any atom is -0.325 e. The first-order valence-corrected chi connectivity index (χ1v) is 4.36. The fourth-order valence-corrected chi connectivity index (χ4v) is 1.61. The highest BCUT2D eigenvalue weighted by Crippen LogP contribution is 2.20. The van der Waals surface area contributed by atoms with E-state index in [9.17, 15) is 9.18 Å². The topological polar surface area (TPSA) is 56.6 Å². The van der Waals surface area contributed by atoms with E-state index in [1.165, 1.54) is 6.07 Å². The molecule has 3 nitrogen and oxygen atoms in total. The molecule has 0 fully saturated rings. The number of benzene rings is 1. The molecule has 0 aliphatic heterocycles. The summed E-state index contributed by atoms with van der Waals surface area (Å²) in [6, 6.07) is 6.18. The van der Waals surface area contributed by atoms with Crippen molar-refractivity contribution < 1.29 is 4.39 Å². The molecule has 0 spiro atoms. The molecule has 0 saturated carbocycles. The molecule has 0 saturated heterocycles. The zero-order valence-electron chi connectivity index (χ0n) is 7.97. The van der Waals surface area contributed by atoms with Gasteiger partial charge in [0.1, 0.15) is 17.4 Å². The molecule has 1 aromatic carbocycles. The summed E-state index contributed by atoms with van der Waals surface area (Å²) in [6.07, 6.45) is 0. The molecule has 1 N–H and O–H groups in total. The number of aromatic amines is 1. The number of fused-ring (bicyclic) bond motifs is 1. The molecule has 74 valence electrons. The molecule has 0 atom stereocenters. The lowest BCUT2D eigenvalue weighted by molar-refractivity contribution is 0.639. The van der Waals surface area contributed by atoms with Crippen LogP contribution in [0.3, 0.4) is 0 Å². The number of aromatic nitrogens is 1. The van der Waals surface area contributed by atoms with Gasteiger partial charge in [0.25, 0.3) is 5.56 Å². The second-order valence-corrected chi connectivity index (χ2v) is 3.23. The number of rotatable bonds is 0. The molecule has 15 heavy (non-hydrogen) atoms. The number of H-pyrrole nitrogens is 1. The van der Waals surface area contributed by atoms with Crippen LogP contribution in [-0.4, -0.2) is 4.98 Å². The quantitative estimate of drug-likeness (QED) is 0.708. The highest BCUT2D eigenvalue weighted by atomic mass is 19.1. The van der Waals surface area contributed by atoms with Crippen molar-refractivity contribution >= 4 is 10.8 Å². The maximum Gasteiger partial charge on any atom is 0.266 e. The van der Waals surface area contributed by atoms with Crippen LogP contribution in [0.25, 0.3) is 10.8 Å². The fourth-order valence-electron chi connectivity index (χ4n) is 1.61. The Morgan fingerprint density at radius 2 is 2.20 bits per heavy atom. The molecular weight excluding hydrogens is 195 g/mol. The molecule has 4 heteroatoms. The van der Waals surface area contributed by atoms with E-state index in [2.05, 4.69) is 4.98 Å². The van der Waals surface area contributed by atoms with E-state index in [-0.39, 0.29) is 10.9 Å². The number of hydrogen-bond acceptors (Lipinski definition) is 2. The smallest absolute Gasteiger partial charge is 0.266 e. The maximum atomic E-state index is 13.5. The Morgan fingerprint density at radius 3 is 2.87 bits per heavy atom. The van der Waals surface area contributed by atoms with E-state index in [1.54, 1.807) is 25.1 Å². The van der Waals surface area contributed by atoms with Crippen LogP contribution in [-0.2, 0) is 0 Å². The van der Waals surface area contributed by atoms with Crippen LogP contribution in [0.15, 0.2) is 23.0 Å². The van der Waals surface area contributed by atoms with E-state index in [4.69, 9.17) is 5.26 Å². The van der Waals surface area contributed by atoms with Crippen LogP contribution in [0.1, 0.15) is 11.3 Å². The summed E-state index contributed by atoms with van der Waals surface area (Å²) in [5, 5.41) is 9.45. The van der Waals surface area contributed by atoms with Gasteiger partial charge in [-0.25, -0.2) is 4.39 Å². The van der Waals surface area contributed by atoms with Gasteiger partial charge in [0.15, 0.2) is 0 Å². The van der Waals surface area contributed by atoms with Crippen molar-refractivity contribution in [2.75, 3.05) is 0 Å². The van der Waals surface area contributed by atoms with E-state index in [0.717, 1.165) is 0 Å². The van der Waals surface area contributed by atoms with Gasteiger partial charge in [-0.2, -0.15) is 5.26 Å². The highest BCUT2D eigenvalue weighted by molar-refractivity contribution is 5.89. The Morgan fingerprint density at radius 1 is 1.47 bits per heavy atom. The minimum absolute atomic E-state index is 0.0984. The van der Waals surface area contributed by atoms with Crippen molar-refractivity contribution in [3.05, 3.63) is 45.6 Å². The molecule has 0 amide bonds. The normalized spacial score (nSPS) is 10.2. The van der Waals surface area contributed by atoms with Crippen molar-refractivity contribution in [2.24, 2.45) is 0 Å². The fraction of sp³-hybridized carbons (Fsp3) is 0.0909. The molecule has 1 aromatic heterocycles. The van der Waals surface area contributed by atoms with Gasteiger partial charge in [0.2, 0.25) is 0 Å². The number of aryl methyl sites for hydroxylation is 1. The summed E-state index contributed by atoms with van der Waals surface area (Å²) < 4.78 is 13.5. The van der Waals surface area contributed by atoms with Gasteiger partial charge < -0.3 is 4.98 Å². The van der Waals surface area contributed by atoms with Gasteiger partial charge in [-0.3, -0.25) is 4.79 Å². The number of nitrogens with one attached hydrogen (secondary N) is 1.